The Kier molecular flexibility index (Phi) is 4.86. The number of nitrogens with one attached hydrogen (secondary N) is 2. The minimum atomic E-state index is -0.249. The number of benzene rings is 2. The van der Waals surface area contributed by atoms with E-state index >= 15 is 0 Å². The molecule has 2 N–H and O–H groups in total. The molecule has 0 unspecified atom stereocenters. The summed E-state index contributed by atoms with van der Waals surface area (Å²) < 4.78 is 13.5. The number of H-pyrrole nitrogens is 1. The Morgan fingerprint density at radius 3 is 2.46 bits per heavy atom. The minimum Gasteiger partial charge on any atom is -0.358 e. The van der Waals surface area contributed by atoms with E-state index in [0.717, 1.165) is 22.2 Å². The van der Waals surface area contributed by atoms with E-state index in [9.17, 15) is 9.18 Å². The number of fused-ring (bicyclic) bond motifs is 1. The van der Waals surface area contributed by atoms with Crippen LogP contribution in [0.25, 0.3) is 10.9 Å². The molecule has 26 heavy (non-hydrogen) atoms. The minimum absolute atomic E-state index is 0.0666. The molecule has 1 heterocycles. The molecule has 0 atom stereocenters. The van der Waals surface area contributed by atoms with Gasteiger partial charge in [-0.2, -0.15) is 0 Å². The Labute approximate surface area is 153 Å². The molecule has 3 rings (SSSR count). The summed E-state index contributed by atoms with van der Waals surface area (Å²) in [6.45, 7) is 8.92. The molecule has 0 aliphatic carbocycles. The topological polar surface area (TPSA) is 44.9 Å². The second-order valence-corrected chi connectivity index (χ2v) is 7.75. The zero-order chi connectivity index (χ0) is 18.9. The fourth-order valence-corrected chi connectivity index (χ4v) is 3.20. The number of carbonyl (C=O) groups excluding carboxylic acids is 1. The number of hydrogen-bond donors (Lipinski definition) is 2. The van der Waals surface area contributed by atoms with Crippen molar-refractivity contribution in [1.29, 1.82) is 0 Å². The highest BCUT2D eigenvalue weighted by Crippen LogP contribution is 2.24. The first kappa shape index (κ1) is 18.2. The van der Waals surface area contributed by atoms with Crippen LogP contribution in [0.4, 0.5) is 4.39 Å². The van der Waals surface area contributed by atoms with Crippen LogP contribution < -0.4 is 5.32 Å². The summed E-state index contributed by atoms with van der Waals surface area (Å²) in [5, 5.41) is 3.84. The molecule has 4 heteroatoms. The first-order valence-corrected chi connectivity index (χ1v) is 8.91. The van der Waals surface area contributed by atoms with E-state index < -0.39 is 0 Å². The average Bonchev–Trinajstić information content (AvgIpc) is 2.89. The molecule has 0 bridgehead atoms. The lowest BCUT2D eigenvalue weighted by Crippen LogP contribution is -2.26. The van der Waals surface area contributed by atoms with Gasteiger partial charge >= 0.3 is 0 Å². The summed E-state index contributed by atoms with van der Waals surface area (Å²) in [6, 6.07) is 12.5. The van der Waals surface area contributed by atoms with E-state index in [2.05, 4.69) is 31.1 Å². The van der Waals surface area contributed by atoms with Crippen LogP contribution in [-0.2, 0) is 11.8 Å². The summed E-state index contributed by atoms with van der Waals surface area (Å²) in [5.41, 5.74) is 4.89. The Balaban J connectivity index is 1.66. The molecule has 0 spiro atoms. The second kappa shape index (κ2) is 6.94. The third-order valence-electron chi connectivity index (χ3n) is 4.76. The molecule has 3 aromatic rings. The van der Waals surface area contributed by atoms with Crippen LogP contribution >= 0.6 is 0 Å². The number of hydrogen-bond acceptors (Lipinski definition) is 1. The number of halogens is 1. The normalized spacial score (nSPS) is 11.7. The number of aryl methyl sites for hydroxylation is 1. The van der Waals surface area contributed by atoms with Crippen LogP contribution in [0.1, 0.15) is 48.0 Å². The Morgan fingerprint density at radius 1 is 1.12 bits per heavy atom. The van der Waals surface area contributed by atoms with E-state index in [-0.39, 0.29) is 17.1 Å². The predicted octanol–water partition coefficient (Wildman–Crippen LogP) is 4.89. The highest BCUT2D eigenvalue weighted by molar-refractivity contribution is 5.94. The first-order valence-electron chi connectivity index (χ1n) is 8.91. The Bertz CT molecular complexity index is 933. The van der Waals surface area contributed by atoms with Gasteiger partial charge in [-0.15, -0.1) is 0 Å². The van der Waals surface area contributed by atoms with Gasteiger partial charge in [-0.1, -0.05) is 32.9 Å². The lowest BCUT2D eigenvalue weighted by molar-refractivity contribution is 0.0954. The lowest BCUT2D eigenvalue weighted by atomic mass is 9.87. The number of rotatable bonds is 4. The SMILES string of the molecule is Cc1[nH]c2ccc(F)cc2c1CCNC(=O)c1ccc(C(C)(C)C)cc1. The fraction of sp³-hybridized carbons (Fsp3) is 0.318. The molecule has 0 fully saturated rings. The largest absolute Gasteiger partial charge is 0.358 e. The molecule has 1 aromatic heterocycles. The maximum absolute atomic E-state index is 13.5. The Morgan fingerprint density at radius 2 is 1.81 bits per heavy atom. The van der Waals surface area contributed by atoms with Crippen molar-refractivity contribution in [3.8, 4) is 0 Å². The average molecular weight is 352 g/mol. The smallest absolute Gasteiger partial charge is 0.251 e. The fourth-order valence-electron chi connectivity index (χ4n) is 3.20. The van der Waals surface area contributed by atoms with Gasteiger partial charge in [0, 0.05) is 28.7 Å². The summed E-state index contributed by atoms with van der Waals surface area (Å²) in [7, 11) is 0. The van der Waals surface area contributed by atoms with Crippen molar-refractivity contribution in [2.24, 2.45) is 0 Å². The number of amides is 1. The number of aromatic amines is 1. The van der Waals surface area contributed by atoms with E-state index in [0.29, 0.717) is 18.5 Å². The van der Waals surface area contributed by atoms with Crippen molar-refractivity contribution >= 4 is 16.8 Å². The van der Waals surface area contributed by atoms with Crippen molar-refractivity contribution in [1.82, 2.24) is 10.3 Å². The summed E-state index contributed by atoms with van der Waals surface area (Å²) >= 11 is 0. The zero-order valence-corrected chi connectivity index (χ0v) is 15.7. The lowest BCUT2D eigenvalue weighted by Gasteiger charge is -2.19. The third-order valence-corrected chi connectivity index (χ3v) is 4.76. The van der Waals surface area contributed by atoms with Crippen molar-refractivity contribution < 1.29 is 9.18 Å². The summed E-state index contributed by atoms with van der Waals surface area (Å²) in [5.74, 6) is -0.338. The van der Waals surface area contributed by atoms with Crippen molar-refractivity contribution in [2.75, 3.05) is 6.54 Å². The van der Waals surface area contributed by atoms with Crippen LogP contribution in [0.3, 0.4) is 0 Å². The van der Waals surface area contributed by atoms with Crippen molar-refractivity contribution in [2.45, 2.75) is 39.5 Å². The summed E-state index contributed by atoms with van der Waals surface area (Å²) in [4.78, 5) is 15.6. The molecule has 0 aliphatic rings. The van der Waals surface area contributed by atoms with Crippen LogP contribution in [0.5, 0.6) is 0 Å². The monoisotopic (exact) mass is 352 g/mol. The van der Waals surface area contributed by atoms with Gasteiger partial charge in [-0.3, -0.25) is 4.79 Å². The highest BCUT2D eigenvalue weighted by Gasteiger charge is 2.14. The van der Waals surface area contributed by atoms with Crippen LogP contribution in [-0.4, -0.2) is 17.4 Å². The molecule has 2 aromatic carbocycles. The van der Waals surface area contributed by atoms with Gasteiger partial charge in [0.1, 0.15) is 5.82 Å². The van der Waals surface area contributed by atoms with Gasteiger partial charge < -0.3 is 10.3 Å². The van der Waals surface area contributed by atoms with Crippen molar-refractivity contribution in [3.05, 3.63) is 70.7 Å². The first-order chi connectivity index (χ1) is 12.3. The van der Waals surface area contributed by atoms with E-state index in [4.69, 9.17) is 0 Å². The second-order valence-electron chi connectivity index (χ2n) is 7.75. The van der Waals surface area contributed by atoms with Gasteiger partial charge in [0.25, 0.3) is 5.91 Å². The van der Waals surface area contributed by atoms with Crippen LogP contribution in [0.15, 0.2) is 42.5 Å². The molecule has 0 saturated heterocycles. The van der Waals surface area contributed by atoms with Crippen LogP contribution in [0, 0.1) is 12.7 Å². The molecular formula is C22H25FN2O. The van der Waals surface area contributed by atoms with Crippen LogP contribution in [0.2, 0.25) is 0 Å². The van der Waals surface area contributed by atoms with E-state index in [1.807, 2.05) is 31.2 Å². The van der Waals surface area contributed by atoms with Gasteiger partial charge in [-0.25, -0.2) is 4.39 Å². The third kappa shape index (κ3) is 3.79. The number of carbonyl (C=O) groups is 1. The molecular weight excluding hydrogens is 327 g/mol. The molecule has 136 valence electrons. The van der Waals surface area contributed by atoms with Crippen molar-refractivity contribution in [3.63, 3.8) is 0 Å². The molecule has 0 radical (unpaired) electrons. The quantitative estimate of drug-likeness (QED) is 0.690. The van der Waals surface area contributed by atoms with Gasteiger partial charge in [0.05, 0.1) is 0 Å². The predicted molar refractivity (Wildman–Crippen MR) is 104 cm³/mol. The maximum Gasteiger partial charge on any atom is 0.251 e. The van der Waals surface area contributed by atoms with Gasteiger partial charge in [0.15, 0.2) is 0 Å². The molecule has 1 amide bonds. The van der Waals surface area contributed by atoms with E-state index in [1.54, 1.807) is 12.1 Å². The molecule has 0 saturated carbocycles. The standard InChI is InChI=1S/C22H25FN2O/c1-14-18(19-13-17(23)9-10-20(19)25-14)11-12-24-21(26)15-5-7-16(8-6-15)22(2,3)4/h5-10,13,25H,11-12H2,1-4H3,(H,24,26). The molecule has 0 aliphatic heterocycles. The maximum atomic E-state index is 13.5. The van der Waals surface area contributed by atoms with E-state index in [1.165, 1.54) is 11.6 Å². The molecule has 3 nitrogen and oxygen atoms in total. The van der Waals surface area contributed by atoms with Gasteiger partial charge in [0.2, 0.25) is 0 Å². The highest BCUT2D eigenvalue weighted by atomic mass is 19.1. The number of aromatic nitrogens is 1. The Hall–Kier alpha value is -2.62. The summed E-state index contributed by atoms with van der Waals surface area (Å²) in [6.07, 6.45) is 0.654. The zero-order valence-electron chi connectivity index (χ0n) is 15.7. The van der Waals surface area contributed by atoms with Gasteiger partial charge in [-0.05, 0) is 60.2 Å².